The molecule has 1 rings (SSSR count). The molecule has 11 heavy (non-hydrogen) atoms. The Morgan fingerprint density at radius 3 is 2.91 bits per heavy atom. The molecule has 4 heteroatoms. The molecule has 1 saturated heterocycles. The molecule has 0 aromatic carbocycles. The molecule has 0 unspecified atom stereocenters. The molecule has 2 nitrogen and oxygen atoms in total. The Morgan fingerprint density at radius 1 is 1.82 bits per heavy atom. The molecule has 0 saturated carbocycles. The summed E-state index contributed by atoms with van der Waals surface area (Å²) >= 11 is 6.87. The maximum atomic E-state index is 5.29. The van der Waals surface area contributed by atoms with E-state index < -0.39 is 0 Å². The Bertz CT molecular complexity index is 147. The summed E-state index contributed by atoms with van der Waals surface area (Å²) < 4.78 is 5.29. The van der Waals surface area contributed by atoms with Gasteiger partial charge in [0.25, 0.3) is 0 Å². The van der Waals surface area contributed by atoms with Gasteiger partial charge in [-0.25, -0.2) is 0 Å². The summed E-state index contributed by atoms with van der Waals surface area (Å²) in [7, 11) is 1.74. The zero-order valence-corrected chi connectivity index (χ0v) is 8.43. The molecular weight excluding hydrogens is 178 g/mol. The van der Waals surface area contributed by atoms with Gasteiger partial charge in [-0.15, -0.1) is 11.8 Å². The zero-order chi connectivity index (χ0) is 8.27. The molecule has 0 aromatic rings. The van der Waals surface area contributed by atoms with Gasteiger partial charge in [-0.1, -0.05) is 12.2 Å². The van der Waals surface area contributed by atoms with E-state index in [2.05, 4.69) is 11.6 Å². The molecule has 1 heterocycles. The number of ether oxygens (including phenoxy) is 1. The summed E-state index contributed by atoms with van der Waals surface area (Å²) in [6.07, 6.45) is 3.16. The van der Waals surface area contributed by atoms with Crippen molar-refractivity contribution in [3.8, 4) is 0 Å². The number of thioether (sulfide) groups is 1. The SMILES string of the molecule is CO[C@@H](SC)[C@H]1CCNC1=S. The van der Waals surface area contributed by atoms with E-state index in [1.807, 2.05) is 0 Å². The van der Waals surface area contributed by atoms with Gasteiger partial charge in [-0.2, -0.15) is 0 Å². The number of nitrogens with one attached hydrogen (secondary N) is 1. The zero-order valence-electron chi connectivity index (χ0n) is 6.79. The van der Waals surface area contributed by atoms with Crippen molar-refractivity contribution in [2.75, 3.05) is 19.9 Å². The van der Waals surface area contributed by atoms with Gasteiger partial charge >= 0.3 is 0 Å². The van der Waals surface area contributed by atoms with E-state index in [1.54, 1.807) is 18.9 Å². The first-order chi connectivity index (χ1) is 5.29. The van der Waals surface area contributed by atoms with Crippen LogP contribution in [0.5, 0.6) is 0 Å². The Kier molecular flexibility index (Phi) is 3.62. The first-order valence-electron chi connectivity index (χ1n) is 3.63. The van der Waals surface area contributed by atoms with E-state index in [0.717, 1.165) is 18.0 Å². The van der Waals surface area contributed by atoms with E-state index in [-0.39, 0.29) is 5.44 Å². The molecule has 0 bridgehead atoms. The lowest BCUT2D eigenvalue weighted by Gasteiger charge is -2.18. The second kappa shape index (κ2) is 4.28. The van der Waals surface area contributed by atoms with Gasteiger partial charge in [0.05, 0.1) is 4.99 Å². The van der Waals surface area contributed by atoms with Crippen LogP contribution in [0, 0.1) is 5.92 Å². The molecule has 1 fully saturated rings. The van der Waals surface area contributed by atoms with Crippen molar-refractivity contribution in [1.82, 2.24) is 5.32 Å². The standard InChI is InChI=1S/C7H13NOS2/c1-9-7(11-2)5-3-4-8-6(5)10/h5,7H,3-4H2,1-2H3,(H,8,10)/t5-,7-/m0/s1. The van der Waals surface area contributed by atoms with Gasteiger partial charge in [0.2, 0.25) is 0 Å². The van der Waals surface area contributed by atoms with Crippen molar-refractivity contribution in [2.24, 2.45) is 5.92 Å². The molecule has 1 N–H and O–H groups in total. The number of methoxy groups -OCH3 is 1. The Morgan fingerprint density at radius 2 is 2.55 bits per heavy atom. The highest BCUT2D eigenvalue weighted by molar-refractivity contribution is 7.99. The summed E-state index contributed by atoms with van der Waals surface area (Å²) in [4.78, 5) is 0.964. The largest absolute Gasteiger partial charge is 0.379 e. The Balaban J connectivity index is 2.49. The van der Waals surface area contributed by atoms with Crippen molar-refractivity contribution in [3.63, 3.8) is 0 Å². The molecule has 1 aliphatic heterocycles. The predicted molar refractivity (Wildman–Crippen MR) is 53.0 cm³/mol. The fourth-order valence-electron chi connectivity index (χ4n) is 1.30. The average molecular weight is 191 g/mol. The third-order valence-corrected chi connectivity index (χ3v) is 3.32. The van der Waals surface area contributed by atoms with Crippen LogP contribution in [-0.4, -0.2) is 30.3 Å². The highest BCUT2D eigenvalue weighted by Gasteiger charge is 2.28. The van der Waals surface area contributed by atoms with Crippen LogP contribution in [0.25, 0.3) is 0 Å². The molecular formula is C7H13NOS2. The molecule has 0 radical (unpaired) electrons. The lowest BCUT2D eigenvalue weighted by atomic mass is 10.1. The van der Waals surface area contributed by atoms with E-state index in [9.17, 15) is 0 Å². The molecule has 64 valence electrons. The van der Waals surface area contributed by atoms with Crippen LogP contribution in [0.4, 0.5) is 0 Å². The van der Waals surface area contributed by atoms with Gasteiger partial charge in [0, 0.05) is 19.6 Å². The molecule has 0 aliphatic carbocycles. The first-order valence-corrected chi connectivity index (χ1v) is 5.32. The quantitative estimate of drug-likeness (QED) is 0.535. The van der Waals surface area contributed by atoms with Gasteiger partial charge in [-0.3, -0.25) is 0 Å². The van der Waals surface area contributed by atoms with Crippen molar-refractivity contribution in [2.45, 2.75) is 11.9 Å². The predicted octanol–water partition coefficient (Wildman–Crippen LogP) is 1.26. The minimum absolute atomic E-state index is 0.234. The summed E-state index contributed by atoms with van der Waals surface area (Å²) in [5, 5.41) is 3.16. The van der Waals surface area contributed by atoms with Crippen molar-refractivity contribution in [3.05, 3.63) is 0 Å². The summed E-state index contributed by atoms with van der Waals surface area (Å²) in [6.45, 7) is 1.00. The number of rotatable bonds is 3. The van der Waals surface area contributed by atoms with Crippen LogP contribution in [0.1, 0.15) is 6.42 Å². The van der Waals surface area contributed by atoms with Crippen LogP contribution in [0.3, 0.4) is 0 Å². The normalized spacial score (nSPS) is 26.7. The van der Waals surface area contributed by atoms with Crippen LogP contribution in [0.15, 0.2) is 0 Å². The second-order valence-corrected chi connectivity index (χ2v) is 3.90. The maximum Gasteiger partial charge on any atom is 0.111 e. The van der Waals surface area contributed by atoms with Gasteiger partial charge < -0.3 is 10.1 Å². The Labute approximate surface area is 77.1 Å². The van der Waals surface area contributed by atoms with E-state index >= 15 is 0 Å². The first kappa shape index (κ1) is 9.29. The molecule has 0 spiro atoms. The third-order valence-electron chi connectivity index (χ3n) is 1.88. The molecule has 0 amide bonds. The molecule has 0 aromatic heterocycles. The molecule has 2 atom stereocenters. The fraction of sp³-hybridized carbons (Fsp3) is 0.857. The van der Waals surface area contributed by atoms with E-state index in [0.29, 0.717) is 5.92 Å². The average Bonchev–Trinajstić information content (AvgIpc) is 2.40. The maximum absolute atomic E-state index is 5.29. The highest BCUT2D eigenvalue weighted by atomic mass is 32.2. The van der Waals surface area contributed by atoms with Crippen LogP contribution >= 0.6 is 24.0 Å². The van der Waals surface area contributed by atoms with Gasteiger partial charge in [-0.05, 0) is 12.7 Å². The number of thiocarbonyl (C=S) groups is 1. The van der Waals surface area contributed by atoms with Crippen molar-refractivity contribution < 1.29 is 4.74 Å². The highest BCUT2D eigenvalue weighted by Crippen LogP contribution is 2.24. The number of hydrogen-bond acceptors (Lipinski definition) is 3. The summed E-state index contributed by atoms with van der Waals surface area (Å²) in [5.74, 6) is 0.421. The number of hydrogen-bond donors (Lipinski definition) is 1. The van der Waals surface area contributed by atoms with Crippen molar-refractivity contribution in [1.29, 1.82) is 0 Å². The second-order valence-electron chi connectivity index (χ2n) is 2.53. The Hall–Kier alpha value is 0.200. The lowest BCUT2D eigenvalue weighted by Crippen LogP contribution is -2.26. The minimum atomic E-state index is 0.234. The van der Waals surface area contributed by atoms with Crippen molar-refractivity contribution >= 4 is 29.0 Å². The summed E-state index contributed by atoms with van der Waals surface area (Å²) in [6, 6.07) is 0. The van der Waals surface area contributed by atoms with Crippen LogP contribution < -0.4 is 5.32 Å². The third kappa shape index (κ3) is 2.07. The smallest absolute Gasteiger partial charge is 0.111 e. The molecule has 1 aliphatic rings. The fourth-order valence-corrected chi connectivity index (χ4v) is 2.52. The minimum Gasteiger partial charge on any atom is -0.379 e. The van der Waals surface area contributed by atoms with E-state index in [1.165, 1.54) is 0 Å². The van der Waals surface area contributed by atoms with Crippen LogP contribution in [0.2, 0.25) is 0 Å². The van der Waals surface area contributed by atoms with E-state index in [4.69, 9.17) is 17.0 Å². The van der Waals surface area contributed by atoms with Crippen LogP contribution in [-0.2, 0) is 4.74 Å². The monoisotopic (exact) mass is 191 g/mol. The lowest BCUT2D eigenvalue weighted by molar-refractivity contribution is 0.148. The topological polar surface area (TPSA) is 21.3 Å². The summed E-state index contributed by atoms with van der Waals surface area (Å²) in [5.41, 5.74) is 0.234. The van der Waals surface area contributed by atoms with Gasteiger partial charge in [0.15, 0.2) is 0 Å². The van der Waals surface area contributed by atoms with Gasteiger partial charge in [0.1, 0.15) is 5.44 Å².